The number of benzene rings is 1. The van der Waals surface area contributed by atoms with Crippen LogP contribution in [-0.2, 0) is 0 Å². The molecule has 15 heavy (non-hydrogen) atoms. The monoisotopic (exact) mass is 232 g/mol. The zero-order chi connectivity index (χ0) is 11.6. The molecule has 0 aliphatic rings. The number of ether oxygens (including phenoxy) is 1. The highest BCUT2D eigenvalue weighted by molar-refractivity contribution is 6.33. The van der Waals surface area contributed by atoms with Crippen LogP contribution in [0.25, 0.3) is 0 Å². The van der Waals surface area contributed by atoms with Gasteiger partial charge in [-0.25, -0.2) is 0 Å². The number of halogens is 1. The molecule has 1 aromatic carbocycles. The molecule has 0 bridgehead atoms. The molecular weight excluding hydrogens is 224 g/mol. The lowest BCUT2D eigenvalue weighted by Crippen LogP contribution is -2.11. The first-order chi connectivity index (χ1) is 6.91. The summed E-state index contributed by atoms with van der Waals surface area (Å²) in [5.41, 5.74) is 5.31. The van der Waals surface area contributed by atoms with Crippen molar-refractivity contribution >= 4 is 23.0 Å². The molecule has 1 aromatic rings. The molecule has 0 radical (unpaired) electrons. The van der Waals surface area contributed by atoms with Crippen molar-refractivity contribution in [1.29, 1.82) is 0 Å². The van der Waals surface area contributed by atoms with Crippen molar-refractivity contribution in [2.75, 3.05) is 5.73 Å². The summed E-state index contributed by atoms with van der Waals surface area (Å²) in [4.78, 5) is 9.88. The number of hydrogen-bond acceptors (Lipinski definition) is 5. The topological polar surface area (TPSA) is 98.6 Å². The summed E-state index contributed by atoms with van der Waals surface area (Å²) in [7, 11) is 0. The quantitative estimate of drug-likeness (QED) is 0.357. The first kappa shape index (κ1) is 11.5. The largest absolute Gasteiger partial charge is 0.463 e. The van der Waals surface area contributed by atoms with Gasteiger partial charge in [-0.2, -0.15) is 0 Å². The van der Waals surface area contributed by atoms with Gasteiger partial charge in [-0.05, 0) is 13.0 Å². The number of nitro groups is 1. The Labute approximate surface area is 90.4 Å². The molecule has 6 nitrogen and oxygen atoms in total. The Balaban J connectivity index is 3.17. The Hall–Kier alpha value is -1.53. The number of rotatable bonds is 3. The number of aliphatic hydroxyl groups excluding tert-OH is 1. The van der Waals surface area contributed by atoms with E-state index in [4.69, 9.17) is 27.2 Å². The fourth-order valence-electron chi connectivity index (χ4n) is 0.984. The molecule has 0 aromatic heterocycles. The highest BCUT2D eigenvalue weighted by atomic mass is 35.5. The summed E-state index contributed by atoms with van der Waals surface area (Å²) in [5.74, 6) is 0.0288. The second-order valence-corrected chi connectivity index (χ2v) is 3.22. The average molecular weight is 233 g/mol. The van der Waals surface area contributed by atoms with Crippen LogP contribution in [0.5, 0.6) is 5.75 Å². The van der Waals surface area contributed by atoms with Crippen LogP contribution >= 0.6 is 11.6 Å². The Kier molecular flexibility index (Phi) is 3.33. The Morgan fingerprint density at radius 2 is 2.27 bits per heavy atom. The predicted molar refractivity (Wildman–Crippen MR) is 54.8 cm³/mol. The van der Waals surface area contributed by atoms with E-state index in [1.54, 1.807) is 0 Å². The smallest absolute Gasteiger partial charge is 0.291 e. The molecule has 0 spiro atoms. The average Bonchev–Trinajstić information content (AvgIpc) is 2.08. The third-order valence-electron chi connectivity index (χ3n) is 1.57. The van der Waals surface area contributed by atoms with Gasteiger partial charge in [-0.15, -0.1) is 0 Å². The van der Waals surface area contributed by atoms with E-state index < -0.39 is 11.2 Å². The Morgan fingerprint density at radius 3 is 2.73 bits per heavy atom. The van der Waals surface area contributed by atoms with Crippen LogP contribution < -0.4 is 10.5 Å². The summed E-state index contributed by atoms with van der Waals surface area (Å²) < 4.78 is 4.86. The molecule has 82 valence electrons. The van der Waals surface area contributed by atoms with Gasteiger partial charge in [0.2, 0.25) is 0 Å². The van der Waals surface area contributed by atoms with Gasteiger partial charge in [0.05, 0.1) is 16.7 Å². The molecule has 0 saturated heterocycles. The summed E-state index contributed by atoms with van der Waals surface area (Å²) in [6, 6.07) is 2.28. The maximum atomic E-state index is 10.5. The van der Waals surface area contributed by atoms with Crippen molar-refractivity contribution in [2.45, 2.75) is 13.2 Å². The minimum atomic E-state index is -1.10. The summed E-state index contributed by atoms with van der Waals surface area (Å²) in [6.45, 7) is 1.36. The van der Waals surface area contributed by atoms with Crippen LogP contribution in [0.1, 0.15) is 6.92 Å². The lowest BCUT2D eigenvalue weighted by Gasteiger charge is -2.11. The zero-order valence-electron chi connectivity index (χ0n) is 7.81. The minimum Gasteiger partial charge on any atom is -0.463 e. The van der Waals surface area contributed by atoms with Gasteiger partial charge in [0.1, 0.15) is 5.02 Å². The molecule has 0 aliphatic heterocycles. The number of nitrogens with two attached hydrogens (primary N) is 1. The normalized spacial score (nSPS) is 12.2. The lowest BCUT2D eigenvalue weighted by atomic mass is 10.2. The SMILES string of the molecule is CC(O)Oc1cc([N+](=O)[O-])c(Cl)cc1N. The van der Waals surface area contributed by atoms with Crippen LogP contribution in [0.4, 0.5) is 11.4 Å². The van der Waals surface area contributed by atoms with Gasteiger partial charge in [-0.1, -0.05) is 11.6 Å². The van der Waals surface area contributed by atoms with E-state index in [1.807, 2.05) is 0 Å². The number of hydrogen-bond donors (Lipinski definition) is 2. The van der Waals surface area contributed by atoms with Crippen LogP contribution in [0.3, 0.4) is 0 Å². The molecule has 7 heteroatoms. The minimum absolute atomic E-state index is 0.0288. The molecule has 0 heterocycles. The highest BCUT2D eigenvalue weighted by Crippen LogP contribution is 2.34. The van der Waals surface area contributed by atoms with E-state index in [-0.39, 0.29) is 22.1 Å². The summed E-state index contributed by atoms with van der Waals surface area (Å²) >= 11 is 5.59. The van der Waals surface area contributed by atoms with Gasteiger partial charge in [0.25, 0.3) is 5.69 Å². The standard InChI is InChI=1S/C8H9ClN2O4/c1-4(12)15-8-3-7(11(13)14)5(9)2-6(8)10/h2-4,12H,10H2,1H3. The van der Waals surface area contributed by atoms with E-state index in [2.05, 4.69) is 0 Å². The molecule has 1 atom stereocenters. The van der Waals surface area contributed by atoms with Crippen LogP contribution in [0.15, 0.2) is 12.1 Å². The van der Waals surface area contributed by atoms with Crippen molar-refractivity contribution in [1.82, 2.24) is 0 Å². The van der Waals surface area contributed by atoms with Gasteiger partial charge in [0, 0.05) is 0 Å². The van der Waals surface area contributed by atoms with Crippen molar-refractivity contribution in [2.24, 2.45) is 0 Å². The van der Waals surface area contributed by atoms with Crippen LogP contribution in [-0.4, -0.2) is 16.3 Å². The molecular formula is C8H9ClN2O4. The van der Waals surface area contributed by atoms with E-state index in [1.165, 1.54) is 13.0 Å². The third-order valence-corrected chi connectivity index (χ3v) is 1.88. The van der Waals surface area contributed by atoms with Crippen LogP contribution in [0, 0.1) is 10.1 Å². The molecule has 0 saturated carbocycles. The molecule has 0 fully saturated rings. The van der Waals surface area contributed by atoms with Gasteiger partial charge >= 0.3 is 0 Å². The van der Waals surface area contributed by atoms with E-state index >= 15 is 0 Å². The number of nitro benzene ring substituents is 1. The van der Waals surface area contributed by atoms with E-state index in [0.29, 0.717) is 0 Å². The molecule has 0 aliphatic carbocycles. The molecule has 0 amide bonds. The van der Waals surface area contributed by atoms with E-state index in [0.717, 1.165) is 6.07 Å². The first-order valence-electron chi connectivity index (χ1n) is 4.00. The number of aliphatic hydroxyl groups is 1. The van der Waals surface area contributed by atoms with Crippen LogP contribution in [0.2, 0.25) is 5.02 Å². The maximum Gasteiger partial charge on any atom is 0.291 e. The Morgan fingerprint density at radius 1 is 1.67 bits per heavy atom. The molecule has 1 unspecified atom stereocenters. The highest BCUT2D eigenvalue weighted by Gasteiger charge is 2.17. The maximum absolute atomic E-state index is 10.5. The lowest BCUT2D eigenvalue weighted by molar-refractivity contribution is -0.384. The van der Waals surface area contributed by atoms with Crippen molar-refractivity contribution in [3.05, 3.63) is 27.3 Å². The second-order valence-electron chi connectivity index (χ2n) is 2.82. The first-order valence-corrected chi connectivity index (χ1v) is 4.37. The Bertz CT molecular complexity index is 394. The number of nitrogen functional groups attached to an aromatic ring is 1. The third kappa shape index (κ3) is 2.71. The fraction of sp³-hybridized carbons (Fsp3) is 0.250. The fourth-order valence-corrected chi connectivity index (χ4v) is 1.22. The second kappa shape index (κ2) is 4.33. The van der Waals surface area contributed by atoms with Crippen molar-refractivity contribution < 1.29 is 14.8 Å². The van der Waals surface area contributed by atoms with Crippen molar-refractivity contribution in [3.8, 4) is 5.75 Å². The summed E-state index contributed by atoms with van der Waals surface area (Å²) in [6.07, 6.45) is -1.10. The van der Waals surface area contributed by atoms with E-state index in [9.17, 15) is 10.1 Å². The van der Waals surface area contributed by atoms with Gasteiger partial charge in [0.15, 0.2) is 12.0 Å². The van der Waals surface area contributed by atoms with Gasteiger partial charge in [-0.3, -0.25) is 10.1 Å². The van der Waals surface area contributed by atoms with Crippen molar-refractivity contribution in [3.63, 3.8) is 0 Å². The van der Waals surface area contributed by atoms with Gasteiger partial charge < -0.3 is 15.6 Å². The zero-order valence-corrected chi connectivity index (χ0v) is 8.56. The molecule has 3 N–H and O–H groups in total. The predicted octanol–water partition coefficient (Wildman–Crippen LogP) is 1.55. The molecule has 1 rings (SSSR count). The number of anilines is 1. The number of nitrogens with zero attached hydrogens (tertiary/aromatic N) is 1. The summed E-state index contributed by atoms with van der Waals surface area (Å²) in [5, 5.41) is 19.4.